The summed E-state index contributed by atoms with van der Waals surface area (Å²) in [5.41, 5.74) is 1.68. The highest BCUT2D eigenvalue weighted by molar-refractivity contribution is 5.94. The van der Waals surface area contributed by atoms with Crippen molar-refractivity contribution in [2.45, 2.75) is 26.3 Å². The van der Waals surface area contributed by atoms with E-state index in [1.807, 2.05) is 31.3 Å². The predicted octanol–water partition coefficient (Wildman–Crippen LogP) is 3.57. The van der Waals surface area contributed by atoms with Crippen molar-refractivity contribution < 1.29 is 9.53 Å². The number of pyridine rings is 1. The van der Waals surface area contributed by atoms with E-state index in [1.165, 1.54) is 0 Å². The number of ether oxygens (including phenoxy) is 1. The topological polar surface area (TPSA) is 54.5 Å². The molecule has 0 spiro atoms. The van der Waals surface area contributed by atoms with Crippen molar-refractivity contribution in [3.8, 4) is 5.75 Å². The van der Waals surface area contributed by atoms with E-state index >= 15 is 0 Å². The van der Waals surface area contributed by atoms with E-state index in [-0.39, 0.29) is 5.91 Å². The third kappa shape index (κ3) is 4.72. The smallest absolute Gasteiger partial charge is 0.253 e. The molecular formula is C19H25N3O2. The third-order valence-electron chi connectivity index (χ3n) is 3.85. The summed E-state index contributed by atoms with van der Waals surface area (Å²) in [5, 5.41) is 3.25. The van der Waals surface area contributed by atoms with Crippen LogP contribution in [0.5, 0.6) is 5.75 Å². The number of carbonyl (C=O) groups is 1. The second kappa shape index (κ2) is 8.91. The first-order chi connectivity index (χ1) is 11.7. The average Bonchev–Trinajstić information content (AvgIpc) is 2.64. The van der Waals surface area contributed by atoms with Crippen LogP contribution in [-0.4, -0.2) is 36.5 Å². The van der Waals surface area contributed by atoms with Gasteiger partial charge in [-0.25, -0.2) is 4.98 Å². The van der Waals surface area contributed by atoms with Gasteiger partial charge in [0.1, 0.15) is 11.6 Å². The van der Waals surface area contributed by atoms with Crippen molar-refractivity contribution in [3.05, 3.63) is 53.7 Å². The molecule has 5 nitrogen and oxygen atoms in total. The molecule has 5 heteroatoms. The van der Waals surface area contributed by atoms with Crippen molar-refractivity contribution in [1.29, 1.82) is 0 Å². The summed E-state index contributed by atoms with van der Waals surface area (Å²) >= 11 is 0. The molecule has 0 aliphatic rings. The minimum atomic E-state index is 0.0196. The van der Waals surface area contributed by atoms with Gasteiger partial charge in [0.25, 0.3) is 5.91 Å². The van der Waals surface area contributed by atoms with Crippen LogP contribution in [0.15, 0.2) is 42.6 Å². The van der Waals surface area contributed by atoms with E-state index in [2.05, 4.69) is 17.2 Å². The first kappa shape index (κ1) is 17.8. The second-order valence-electron chi connectivity index (χ2n) is 5.68. The van der Waals surface area contributed by atoms with Gasteiger partial charge in [0.2, 0.25) is 0 Å². The number of unbranched alkanes of at least 4 members (excludes halogenated alkanes) is 1. The molecule has 1 aromatic carbocycles. The van der Waals surface area contributed by atoms with Gasteiger partial charge in [0.05, 0.1) is 7.11 Å². The summed E-state index contributed by atoms with van der Waals surface area (Å²) in [6, 6.07) is 11.4. The molecule has 2 aromatic rings. The number of methoxy groups -OCH3 is 1. The number of hydrogen-bond acceptors (Lipinski definition) is 4. The number of nitrogens with one attached hydrogen (secondary N) is 1. The number of rotatable bonds is 8. The van der Waals surface area contributed by atoms with Crippen LogP contribution in [0.3, 0.4) is 0 Å². The van der Waals surface area contributed by atoms with Gasteiger partial charge >= 0.3 is 0 Å². The van der Waals surface area contributed by atoms with Gasteiger partial charge in [-0.2, -0.15) is 0 Å². The first-order valence-corrected chi connectivity index (χ1v) is 8.23. The molecule has 0 aliphatic heterocycles. The maximum absolute atomic E-state index is 12.4. The van der Waals surface area contributed by atoms with Gasteiger partial charge in [0.15, 0.2) is 0 Å². The van der Waals surface area contributed by atoms with Crippen LogP contribution >= 0.6 is 0 Å². The zero-order valence-electron chi connectivity index (χ0n) is 14.6. The molecule has 0 radical (unpaired) electrons. The van der Waals surface area contributed by atoms with E-state index in [0.29, 0.717) is 17.9 Å². The summed E-state index contributed by atoms with van der Waals surface area (Å²) in [4.78, 5) is 18.5. The molecular weight excluding hydrogens is 302 g/mol. The van der Waals surface area contributed by atoms with E-state index in [0.717, 1.165) is 30.7 Å². The number of carbonyl (C=O) groups excluding carboxylic acids is 1. The van der Waals surface area contributed by atoms with Crippen LogP contribution in [0.2, 0.25) is 0 Å². The monoisotopic (exact) mass is 327 g/mol. The number of benzene rings is 1. The summed E-state index contributed by atoms with van der Waals surface area (Å²) in [6.45, 7) is 3.46. The van der Waals surface area contributed by atoms with E-state index in [9.17, 15) is 4.79 Å². The molecule has 0 atom stereocenters. The van der Waals surface area contributed by atoms with Crippen molar-refractivity contribution in [3.63, 3.8) is 0 Å². The van der Waals surface area contributed by atoms with Crippen LogP contribution < -0.4 is 10.1 Å². The SMILES string of the molecule is CCCCN(C)C(=O)c1ccnc(NCc2ccccc2OC)c1. The second-order valence-corrected chi connectivity index (χ2v) is 5.68. The van der Waals surface area contributed by atoms with E-state index in [1.54, 1.807) is 30.3 Å². The van der Waals surface area contributed by atoms with Crippen LogP contribution in [-0.2, 0) is 6.54 Å². The molecule has 1 amide bonds. The fourth-order valence-corrected chi connectivity index (χ4v) is 2.41. The zero-order valence-corrected chi connectivity index (χ0v) is 14.6. The number of anilines is 1. The molecule has 0 fully saturated rings. The normalized spacial score (nSPS) is 10.3. The summed E-state index contributed by atoms with van der Waals surface area (Å²) in [7, 11) is 3.49. The standard InChI is InChI=1S/C19H25N3O2/c1-4-5-12-22(2)19(23)15-10-11-20-18(13-15)21-14-16-8-6-7-9-17(16)24-3/h6-11,13H,4-5,12,14H2,1-3H3,(H,20,21). The molecule has 128 valence electrons. The highest BCUT2D eigenvalue weighted by Crippen LogP contribution is 2.19. The molecule has 24 heavy (non-hydrogen) atoms. The van der Waals surface area contributed by atoms with Gasteiger partial charge in [-0.15, -0.1) is 0 Å². The Hall–Kier alpha value is -2.56. The van der Waals surface area contributed by atoms with Gasteiger partial charge in [-0.1, -0.05) is 31.5 Å². The van der Waals surface area contributed by atoms with Crippen molar-refractivity contribution >= 4 is 11.7 Å². The first-order valence-electron chi connectivity index (χ1n) is 8.23. The largest absolute Gasteiger partial charge is 0.496 e. The minimum Gasteiger partial charge on any atom is -0.496 e. The Morgan fingerprint density at radius 2 is 2.08 bits per heavy atom. The maximum Gasteiger partial charge on any atom is 0.253 e. The lowest BCUT2D eigenvalue weighted by atomic mass is 10.2. The Balaban J connectivity index is 2.03. The Morgan fingerprint density at radius 3 is 2.83 bits per heavy atom. The third-order valence-corrected chi connectivity index (χ3v) is 3.85. The fraction of sp³-hybridized carbons (Fsp3) is 0.368. The lowest BCUT2D eigenvalue weighted by Gasteiger charge is -2.17. The Bertz CT molecular complexity index is 673. The van der Waals surface area contributed by atoms with Gasteiger partial charge in [-0.3, -0.25) is 4.79 Å². The molecule has 1 aromatic heterocycles. The fourth-order valence-electron chi connectivity index (χ4n) is 2.41. The average molecular weight is 327 g/mol. The lowest BCUT2D eigenvalue weighted by Crippen LogP contribution is -2.27. The molecule has 2 rings (SSSR count). The number of para-hydroxylation sites is 1. The number of amides is 1. The van der Waals surface area contributed by atoms with Crippen molar-refractivity contribution in [2.75, 3.05) is 26.0 Å². The van der Waals surface area contributed by atoms with Crippen LogP contribution in [0, 0.1) is 0 Å². The lowest BCUT2D eigenvalue weighted by molar-refractivity contribution is 0.0793. The van der Waals surface area contributed by atoms with Gasteiger partial charge in [0, 0.05) is 37.5 Å². The van der Waals surface area contributed by atoms with Crippen LogP contribution in [0.25, 0.3) is 0 Å². The molecule has 0 unspecified atom stereocenters. The summed E-state index contributed by atoms with van der Waals surface area (Å²) in [6.07, 6.45) is 3.73. The highest BCUT2D eigenvalue weighted by atomic mass is 16.5. The molecule has 0 saturated carbocycles. The molecule has 0 aliphatic carbocycles. The van der Waals surface area contributed by atoms with Crippen molar-refractivity contribution in [2.24, 2.45) is 0 Å². The van der Waals surface area contributed by atoms with E-state index in [4.69, 9.17) is 4.74 Å². The van der Waals surface area contributed by atoms with Gasteiger partial charge < -0.3 is 15.0 Å². The maximum atomic E-state index is 12.4. The summed E-state index contributed by atoms with van der Waals surface area (Å²) < 4.78 is 5.34. The van der Waals surface area contributed by atoms with Crippen LogP contribution in [0.1, 0.15) is 35.7 Å². The van der Waals surface area contributed by atoms with Crippen LogP contribution in [0.4, 0.5) is 5.82 Å². The Kier molecular flexibility index (Phi) is 6.61. The quantitative estimate of drug-likeness (QED) is 0.805. The van der Waals surface area contributed by atoms with Crippen molar-refractivity contribution in [1.82, 2.24) is 9.88 Å². The Morgan fingerprint density at radius 1 is 1.29 bits per heavy atom. The zero-order chi connectivity index (χ0) is 17.4. The molecule has 1 N–H and O–H groups in total. The van der Waals surface area contributed by atoms with E-state index < -0.39 is 0 Å². The highest BCUT2D eigenvalue weighted by Gasteiger charge is 2.12. The minimum absolute atomic E-state index is 0.0196. The molecule has 1 heterocycles. The van der Waals surface area contributed by atoms with Gasteiger partial charge in [-0.05, 0) is 24.6 Å². The number of hydrogen-bond donors (Lipinski definition) is 1. The summed E-state index contributed by atoms with van der Waals surface area (Å²) in [5.74, 6) is 1.53. The number of nitrogens with zero attached hydrogens (tertiary/aromatic N) is 2. The molecule has 0 saturated heterocycles. The molecule has 0 bridgehead atoms. The predicted molar refractivity (Wildman–Crippen MR) is 96.4 cm³/mol. The Labute approximate surface area is 143 Å². The number of aromatic nitrogens is 1.